The summed E-state index contributed by atoms with van der Waals surface area (Å²) in [5.41, 5.74) is 4.36. The first-order valence-electron chi connectivity index (χ1n) is 18.2. The van der Waals surface area contributed by atoms with E-state index in [-0.39, 0.29) is 23.2 Å². The SMILES string of the molecule is Cc1nc(N[C@H](C)c2cccc(C(F)F)c2F)c2cc(-c3ccc(F)c(CN4CCC(c5ccc([C@@]6(C)CCC(=O)NC6=O)cc5C)CC4)c3)ncc2n1. The number of hydrogen-bond donors (Lipinski definition) is 2. The molecule has 0 saturated carbocycles. The number of piperidine rings is 2. The minimum atomic E-state index is -2.94. The number of nitrogens with one attached hydrogen (secondary N) is 2. The molecule has 280 valence electrons. The number of carbonyl (C=O) groups is 2. The lowest BCUT2D eigenvalue weighted by Gasteiger charge is -2.35. The minimum Gasteiger partial charge on any atom is -0.363 e. The number of hydrogen-bond acceptors (Lipinski definition) is 7. The highest BCUT2D eigenvalue weighted by Gasteiger charge is 2.40. The summed E-state index contributed by atoms with van der Waals surface area (Å²) in [5, 5.41) is 6.27. The van der Waals surface area contributed by atoms with Crippen LogP contribution in [0.4, 0.5) is 23.4 Å². The van der Waals surface area contributed by atoms with Gasteiger partial charge in [-0.15, -0.1) is 0 Å². The topological polar surface area (TPSA) is 100 Å². The van der Waals surface area contributed by atoms with E-state index in [0.717, 1.165) is 43.1 Å². The van der Waals surface area contributed by atoms with Crippen LogP contribution >= 0.6 is 0 Å². The average Bonchev–Trinajstić information content (AvgIpc) is 3.14. The van der Waals surface area contributed by atoms with E-state index in [1.807, 2.05) is 19.1 Å². The Labute approximate surface area is 311 Å². The zero-order valence-electron chi connectivity index (χ0n) is 30.6. The Hall–Kier alpha value is -5.23. The number of benzene rings is 3. The molecule has 7 rings (SSSR count). The molecule has 54 heavy (non-hydrogen) atoms. The van der Waals surface area contributed by atoms with Gasteiger partial charge in [-0.3, -0.25) is 24.8 Å². The summed E-state index contributed by atoms with van der Waals surface area (Å²) in [7, 11) is 0. The number of imide groups is 1. The van der Waals surface area contributed by atoms with E-state index in [9.17, 15) is 22.8 Å². The number of nitrogens with zero attached hydrogens (tertiary/aromatic N) is 4. The molecular weight excluding hydrogens is 696 g/mol. The fourth-order valence-electron chi connectivity index (χ4n) is 7.83. The van der Waals surface area contributed by atoms with E-state index >= 15 is 4.39 Å². The smallest absolute Gasteiger partial charge is 0.266 e. The van der Waals surface area contributed by atoms with Crippen molar-refractivity contribution >= 4 is 28.5 Å². The number of likely N-dealkylation sites (tertiary alicyclic amines) is 1. The number of alkyl halides is 2. The standard InChI is InChI=1S/C42H42F4N6O2/c1-23-18-29(42(4)15-12-37(53)51-41(42)54)9-10-30(23)26-13-16-52(17-14-26)22-28-19-27(8-11-34(28)43)35-20-33-36(21-47-35)49-25(3)50-40(33)48-24(2)31-6-5-7-32(38(31)44)39(45)46/h5-11,18-21,24,26,39H,12-17,22H2,1-4H3,(H,48,49,50)(H,51,53,54)/t24-,42-/m1/s1. The summed E-state index contributed by atoms with van der Waals surface area (Å²) in [6.45, 7) is 9.37. The monoisotopic (exact) mass is 738 g/mol. The van der Waals surface area contributed by atoms with Crippen LogP contribution in [-0.2, 0) is 21.5 Å². The van der Waals surface area contributed by atoms with E-state index in [2.05, 4.69) is 49.5 Å². The summed E-state index contributed by atoms with van der Waals surface area (Å²) in [5.74, 6) is -0.558. The molecule has 2 atom stereocenters. The minimum absolute atomic E-state index is 0.0888. The number of rotatable bonds is 9. The third-order valence-electron chi connectivity index (χ3n) is 11.1. The Morgan fingerprint density at radius 3 is 2.46 bits per heavy atom. The number of anilines is 1. The number of carbonyl (C=O) groups excluding carboxylic acids is 2. The van der Waals surface area contributed by atoms with E-state index < -0.39 is 29.3 Å². The van der Waals surface area contributed by atoms with Crippen molar-refractivity contribution in [1.29, 1.82) is 0 Å². The zero-order chi connectivity index (χ0) is 38.3. The van der Waals surface area contributed by atoms with Gasteiger partial charge < -0.3 is 5.32 Å². The van der Waals surface area contributed by atoms with Crippen LogP contribution in [0.2, 0.25) is 0 Å². The number of pyridine rings is 1. The third kappa shape index (κ3) is 7.31. The molecule has 0 spiro atoms. The maximum absolute atomic E-state index is 15.3. The number of halogens is 4. The van der Waals surface area contributed by atoms with E-state index in [1.165, 1.54) is 23.8 Å². The van der Waals surface area contributed by atoms with E-state index in [4.69, 9.17) is 0 Å². The third-order valence-corrected chi connectivity index (χ3v) is 11.1. The summed E-state index contributed by atoms with van der Waals surface area (Å²) in [6, 6.07) is 16.2. The van der Waals surface area contributed by atoms with Gasteiger partial charge in [0.05, 0.1) is 34.4 Å². The first-order chi connectivity index (χ1) is 25.8. The van der Waals surface area contributed by atoms with Crippen LogP contribution in [0.3, 0.4) is 0 Å². The van der Waals surface area contributed by atoms with Crippen molar-refractivity contribution in [1.82, 2.24) is 25.2 Å². The number of aromatic nitrogens is 3. The molecule has 2 saturated heterocycles. The van der Waals surface area contributed by atoms with Gasteiger partial charge in [0, 0.05) is 35.0 Å². The second kappa shape index (κ2) is 14.9. The lowest BCUT2D eigenvalue weighted by molar-refractivity contribution is -0.137. The molecule has 5 aromatic rings. The Balaban J connectivity index is 1.06. The van der Waals surface area contributed by atoms with Crippen molar-refractivity contribution in [3.63, 3.8) is 0 Å². The zero-order valence-corrected chi connectivity index (χ0v) is 30.6. The Morgan fingerprint density at radius 1 is 0.981 bits per heavy atom. The van der Waals surface area contributed by atoms with Gasteiger partial charge in [-0.1, -0.05) is 36.4 Å². The Bertz CT molecular complexity index is 2260. The van der Waals surface area contributed by atoms with Gasteiger partial charge in [-0.2, -0.15) is 0 Å². The van der Waals surface area contributed by atoms with Gasteiger partial charge in [0.25, 0.3) is 6.43 Å². The predicted octanol–water partition coefficient (Wildman–Crippen LogP) is 8.77. The Kier molecular flexibility index (Phi) is 10.2. The first-order valence-corrected chi connectivity index (χ1v) is 18.2. The van der Waals surface area contributed by atoms with Gasteiger partial charge >= 0.3 is 0 Å². The number of fused-ring (bicyclic) bond motifs is 1. The highest BCUT2D eigenvalue weighted by Crippen LogP contribution is 2.37. The van der Waals surface area contributed by atoms with E-state index in [1.54, 1.807) is 32.2 Å². The van der Waals surface area contributed by atoms with Crippen molar-refractivity contribution in [2.45, 2.75) is 83.7 Å². The molecule has 0 radical (unpaired) electrons. The summed E-state index contributed by atoms with van der Waals surface area (Å²) in [4.78, 5) is 40.4. The molecule has 12 heteroatoms. The number of amides is 2. The van der Waals surface area contributed by atoms with Crippen LogP contribution in [0.1, 0.15) is 97.1 Å². The maximum Gasteiger partial charge on any atom is 0.266 e. The highest BCUT2D eigenvalue weighted by atomic mass is 19.3. The molecule has 4 heterocycles. The van der Waals surface area contributed by atoms with Crippen LogP contribution in [0.15, 0.2) is 66.9 Å². The lowest BCUT2D eigenvalue weighted by Crippen LogP contribution is -2.49. The lowest BCUT2D eigenvalue weighted by atomic mass is 9.74. The second-order valence-electron chi connectivity index (χ2n) is 14.8. The van der Waals surface area contributed by atoms with Crippen LogP contribution in [-0.4, -0.2) is 44.8 Å². The summed E-state index contributed by atoms with van der Waals surface area (Å²) >= 11 is 0. The molecule has 2 aromatic heterocycles. The van der Waals surface area contributed by atoms with Gasteiger partial charge in [0.1, 0.15) is 23.3 Å². The number of aryl methyl sites for hydroxylation is 2. The molecule has 2 amide bonds. The quantitative estimate of drug-likeness (QED) is 0.115. The molecule has 2 aliphatic heterocycles. The normalized spacial score (nSPS) is 19.0. The molecule has 2 fully saturated rings. The van der Waals surface area contributed by atoms with E-state index in [0.29, 0.717) is 64.7 Å². The van der Waals surface area contributed by atoms with Gasteiger partial charge in [0.2, 0.25) is 11.8 Å². The van der Waals surface area contributed by atoms with Crippen molar-refractivity contribution < 1.29 is 27.2 Å². The molecule has 2 N–H and O–H groups in total. The van der Waals surface area contributed by atoms with Crippen LogP contribution in [0.25, 0.3) is 22.2 Å². The van der Waals surface area contributed by atoms with Crippen molar-refractivity contribution in [2.24, 2.45) is 0 Å². The van der Waals surface area contributed by atoms with Gasteiger partial charge in [0.15, 0.2) is 0 Å². The largest absolute Gasteiger partial charge is 0.363 e. The van der Waals surface area contributed by atoms with Crippen molar-refractivity contribution in [3.05, 3.63) is 118 Å². The molecule has 0 bridgehead atoms. The van der Waals surface area contributed by atoms with Gasteiger partial charge in [-0.25, -0.2) is 27.5 Å². The molecule has 0 unspecified atom stereocenters. The molecular formula is C42H42F4N6O2. The van der Waals surface area contributed by atoms with Gasteiger partial charge in [-0.05, 0) is 107 Å². The highest BCUT2D eigenvalue weighted by molar-refractivity contribution is 6.03. The first kappa shape index (κ1) is 37.1. The molecule has 3 aromatic carbocycles. The van der Waals surface area contributed by atoms with Crippen LogP contribution < -0.4 is 10.6 Å². The molecule has 2 aliphatic rings. The van der Waals surface area contributed by atoms with Crippen LogP contribution in [0.5, 0.6) is 0 Å². The molecule has 8 nitrogen and oxygen atoms in total. The fourth-order valence-corrected chi connectivity index (χ4v) is 7.83. The van der Waals surface area contributed by atoms with Crippen LogP contribution in [0, 0.1) is 25.5 Å². The second-order valence-corrected chi connectivity index (χ2v) is 14.8. The van der Waals surface area contributed by atoms with Crippen molar-refractivity contribution in [2.75, 3.05) is 18.4 Å². The molecule has 0 aliphatic carbocycles. The summed E-state index contributed by atoms with van der Waals surface area (Å²) < 4.78 is 57.1. The Morgan fingerprint density at radius 2 is 1.74 bits per heavy atom. The summed E-state index contributed by atoms with van der Waals surface area (Å²) in [6.07, 6.45) is 1.30. The maximum atomic E-state index is 15.3. The average molecular weight is 739 g/mol. The predicted molar refractivity (Wildman–Crippen MR) is 199 cm³/mol. The van der Waals surface area contributed by atoms with Crippen molar-refractivity contribution in [3.8, 4) is 11.3 Å². The fraction of sp³-hybridized carbons (Fsp3) is 0.357.